The van der Waals surface area contributed by atoms with Crippen LogP contribution in [0.25, 0.3) is 6.08 Å². The third-order valence-corrected chi connectivity index (χ3v) is 4.46. The maximum absolute atomic E-state index is 14.2. The minimum Gasteiger partial charge on any atom is -0.491 e. The van der Waals surface area contributed by atoms with E-state index in [9.17, 15) is 13.2 Å². The molecule has 0 spiro atoms. The van der Waals surface area contributed by atoms with Gasteiger partial charge in [-0.2, -0.15) is 4.39 Å². The molecule has 0 bridgehead atoms. The molecule has 28 heavy (non-hydrogen) atoms. The molecule has 2 unspecified atom stereocenters. The predicted molar refractivity (Wildman–Crippen MR) is 108 cm³/mol. The lowest BCUT2D eigenvalue weighted by atomic mass is 9.94. The summed E-state index contributed by atoms with van der Waals surface area (Å²) < 4.78 is 52.5. The van der Waals surface area contributed by atoms with Crippen molar-refractivity contribution in [2.24, 2.45) is 5.92 Å². The van der Waals surface area contributed by atoms with E-state index in [1.165, 1.54) is 12.1 Å². The highest BCUT2D eigenvalue weighted by atomic mass is 19.2. The summed E-state index contributed by atoms with van der Waals surface area (Å²) in [6.07, 6.45) is 2.50. The van der Waals surface area contributed by atoms with Crippen LogP contribution in [-0.4, -0.2) is 12.7 Å². The largest absolute Gasteiger partial charge is 0.491 e. The van der Waals surface area contributed by atoms with Gasteiger partial charge in [0.1, 0.15) is 5.82 Å². The van der Waals surface area contributed by atoms with E-state index >= 15 is 0 Å². The molecule has 0 saturated carbocycles. The fourth-order valence-electron chi connectivity index (χ4n) is 2.52. The summed E-state index contributed by atoms with van der Waals surface area (Å²) in [5, 5.41) is 0. The number of halogens is 3. The van der Waals surface area contributed by atoms with Crippen LogP contribution in [0.3, 0.4) is 0 Å². The van der Waals surface area contributed by atoms with Crippen LogP contribution >= 0.6 is 0 Å². The summed E-state index contributed by atoms with van der Waals surface area (Å²) in [6, 6.07) is 4.85. The highest BCUT2D eigenvalue weighted by Crippen LogP contribution is 2.29. The van der Waals surface area contributed by atoms with Crippen LogP contribution in [0, 0.1) is 11.7 Å². The van der Waals surface area contributed by atoms with Crippen molar-refractivity contribution in [3.8, 4) is 0 Å². The van der Waals surface area contributed by atoms with E-state index in [1.807, 2.05) is 6.92 Å². The Kier molecular flexibility index (Phi) is 9.80. The number of benzene rings is 1. The van der Waals surface area contributed by atoms with Crippen LogP contribution in [0.2, 0.25) is 0 Å². The number of allylic oxidation sites excluding steroid dienone is 3. The molecular weight excluding hydrogens is 365 g/mol. The molecule has 0 saturated heterocycles. The van der Waals surface area contributed by atoms with Gasteiger partial charge in [-0.3, -0.25) is 0 Å². The zero-order chi connectivity index (χ0) is 21.3. The second-order valence-electron chi connectivity index (χ2n) is 6.67. The Bertz CT molecular complexity index is 737. The summed E-state index contributed by atoms with van der Waals surface area (Å²) in [5.41, 5.74) is 1.23. The third-order valence-electron chi connectivity index (χ3n) is 4.46. The lowest BCUT2D eigenvalue weighted by molar-refractivity contribution is 0.0444. The minimum atomic E-state index is -1.12. The number of rotatable bonds is 12. The van der Waals surface area contributed by atoms with Gasteiger partial charge in [0.25, 0.3) is 0 Å². The quantitative estimate of drug-likeness (QED) is 0.279. The van der Waals surface area contributed by atoms with Crippen LogP contribution < -0.4 is 0 Å². The van der Waals surface area contributed by atoms with Gasteiger partial charge in [-0.25, -0.2) is 8.78 Å². The second kappa shape index (κ2) is 11.5. The van der Waals surface area contributed by atoms with Gasteiger partial charge in [0.15, 0.2) is 17.4 Å². The first-order chi connectivity index (χ1) is 13.2. The maximum Gasteiger partial charge on any atom is 0.200 e. The van der Waals surface area contributed by atoms with Crippen LogP contribution in [-0.2, 0) is 16.1 Å². The van der Waals surface area contributed by atoms with Crippen molar-refractivity contribution in [2.75, 3.05) is 6.61 Å². The first kappa shape index (κ1) is 23.8. The highest BCUT2D eigenvalue weighted by molar-refractivity contribution is 5.48. The van der Waals surface area contributed by atoms with Crippen LogP contribution in [0.1, 0.15) is 44.7 Å². The molecule has 0 aliphatic carbocycles. The number of ether oxygens (including phenoxy) is 2. The van der Waals surface area contributed by atoms with Gasteiger partial charge in [0, 0.05) is 5.56 Å². The van der Waals surface area contributed by atoms with E-state index in [1.54, 1.807) is 26.0 Å². The summed E-state index contributed by atoms with van der Waals surface area (Å²) in [4.78, 5) is 0. The zero-order valence-electron chi connectivity index (χ0n) is 16.9. The first-order valence-electron chi connectivity index (χ1n) is 9.30. The average Bonchev–Trinajstić information content (AvgIpc) is 2.68. The van der Waals surface area contributed by atoms with Gasteiger partial charge in [-0.15, -0.1) is 0 Å². The molecule has 154 valence electrons. The zero-order valence-corrected chi connectivity index (χ0v) is 16.9. The SMILES string of the molecule is C=Cc1ccc(COC(C)CCC(C)C(=C)/C(F)=C(/F)C(=C)OCC)cc1F. The van der Waals surface area contributed by atoms with Crippen LogP contribution in [0.5, 0.6) is 0 Å². The van der Waals surface area contributed by atoms with Crippen molar-refractivity contribution in [3.05, 3.63) is 77.9 Å². The molecule has 1 aromatic carbocycles. The summed E-state index contributed by atoms with van der Waals surface area (Å²) in [5.74, 6) is -3.10. The molecule has 0 aliphatic rings. The van der Waals surface area contributed by atoms with Crippen LogP contribution in [0.4, 0.5) is 13.2 Å². The predicted octanol–water partition coefficient (Wildman–Crippen LogP) is 7.05. The molecular formula is C23H29F3O2. The summed E-state index contributed by atoms with van der Waals surface area (Å²) >= 11 is 0. The Balaban J connectivity index is 2.53. The van der Waals surface area contributed by atoms with Gasteiger partial charge in [-0.1, -0.05) is 44.9 Å². The van der Waals surface area contributed by atoms with E-state index in [4.69, 9.17) is 9.47 Å². The Labute approximate surface area is 166 Å². The molecule has 5 heteroatoms. The van der Waals surface area contributed by atoms with Crippen molar-refractivity contribution in [2.45, 2.75) is 46.3 Å². The molecule has 0 heterocycles. The van der Waals surface area contributed by atoms with Crippen molar-refractivity contribution >= 4 is 6.08 Å². The van der Waals surface area contributed by atoms with Gasteiger partial charge >= 0.3 is 0 Å². The smallest absolute Gasteiger partial charge is 0.200 e. The molecule has 2 atom stereocenters. The fourth-order valence-corrected chi connectivity index (χ4v) is 2.52. The average molecular weight is 394 g/mol. The molecule has 1 aromatic rings. The lowest BCUT2D eigenvalue weighted by Crippen LogP contribution is -2.11. The highest BCUT2D eigenvalue weighted by Gasteiger charge is 2.19. The molecule has 0 N–H and O–H groups in total. The maximum atomic E-state index is 14.2. The monoisotopic (exact) mass is 394 g/mol. The first-order valence-corrected chi connectivity index (χ1v) is 9.30. The molecule has 0 aliphatic heterocycles. The van der Waals surface area contributed by atoms with E-state index < -0.39 is 11.7 Å². The van der Waals surface area contributed by atoms with Gasteiger partial charge in [0.2, 0.25) is 0 Å². The minimum absolute atomic E-state index is 0.0626. The fraction of sp³-hybridized carbons (Fsp3) is 0.391. The topological polar surface area (TPSA) is 18.5 Å². The van der Waals surface area contributed by atoms with Gasteiger partial charge in [-0.05, 0) is 49.8 Å². The standard InChI is InChI=1S/C23H29F3O2/c1-7-20-12-11-19(13-21(20)24)14-28-16(4)10-9-15(3)17(5)22(25)23(26)18(6)27-8-2/h7,11-13,15-16H,1,5-6,8-10,14H2,2-4H3/b23-22-. The van der Waals surface area contributed by atoms with E-state index in [0.29, 0.717) is 18.4 Å². The Hall–Kier alpha value is -2.27. The summed E-state index contributed by atoms with van der Waals surface area (Å²) in [6.45, 7) is 16.4. The summed E-state index contributed by atoms with van der Waals surface area (Å²) in [7, 11) is 0. The van der Waals surface area contributed by atoms with E-state index in [2.05, 4.69) is 19.7 Å². The van der Waals surface area contributed by atoms with E-state index in [0.717, 1.165) is 5.56 Å². The van der Waals surface area contributed by atoms with Crippen LogP contribution in [0.15, 0.2) is 60.9 Å². The Morgan fingerprint density at radius 1 is 1.14 bits per heavy atom. The molecule has 2 nitrogen and oxygen atoms in total. The molecule has 0 fully saturated rings. The normalized spacial score (nSPS) is 14.1. The van der Waals surface area contributed by atoms with Gasteiger partial charge in [0.05, 0.1) is 19.3 Å². The van der Waals surface area contributed by atoms with Crippen molar-refractivity contribution in [1.29, 1.82) is 0 Å². The molecule has 0 radical (unpaired) electrons. The van der Waals surface area contributed by atoms with Gasteiger partial charge < -0.3 is 9.47 Å². The lowest BCUT2D eigenvalue weighted by Gasteiger charge is -2.18. The van der Waals surface area contributed by atoms with Crippen molar-refractivity contribution < 1.29 is 22.6 Å². The molecule has 0 aromatic heterocycles. The van der Waals surface area contributed by atoms with Crippen molar-refractivity contribution in [1.82, 2.24) is 0 Å². The number of hydrogen-bond donors (Lipinski definition) is 0. The van der Waals surface area contributed by atoms with Crippen molar-refractivity contribution in [3.63, 3.8) is 0 Å². The molecule has 0 amide bonds. The second-order valence-corrected chi connectivity index (χ2v) is 6.67. The Morgan fingerprint density at radius 2 is 1.82 bits per heavy atom. The Morgan fingerprint density at radius 3 is 2.39 bits per heavy atom. The molecule has 1 rings (SSSR count). The van der Waals surface area contributed by atoms with E-state index in [-0.39, 0.29) is 42.4 Å². The third kappa shape index (κ3) is 7.04. The number of hydrogen-bond acceptors (Lipinski definition) is 2.